The molecule has 1 saturated heterocycles. The van der Waals surface area contributed by atoms with Crippen molar-refractivity contribution < 1.29 is 0 Å². The van der Waals surface area contributed by atoms with Crippen molar-refractivity contribution in [2.24, 2.45) is 0 Å². The summed E-state index contributed by atoms with van der Waals surface area (Å²) in [6.07, 6.45) is 5.24. The van der Waals surface area contributed by atoms with Crippen molar-refractivity contribution >= 4 is 0 Å². The molecule has 1 aromatic rings. The lowest BCUT2D eigenvalue weighted by Gasteiger charge is -2.28. The van der Waals surface area contributed by atoms with Crippen LogP contribution < -0.4 is 5.32 Å². The first-order valence-corrected chi connectivity index (χ1v) is 7.27. The molecular weight excluding hydrogens is 220 g/mol. The molecule has 18 heavy (non-hydrogen) atoms. The molecule has 2 nitrogen and oxygen atoms in total. The van der Waals surface area contributed by atoms with Crippen LogP contribution in [0.2, 0.25) is 0 Å². The number of rotatable bonds is 3. The molecule has 1 aliphatic heterocycles. The summed E-state index contributed by atoms with van der Waals surface area (Å²) in [7, 11) is 2.29. The monoisotopic (exact) mass is 244 g/mol. The molecule has 0 radical (unpaired) electrons. The Hall–Kier alpha value is -0.860. The van der Waals surface area contributed by atoms with Crippen molar-refractivity contribution in [1.82, 2.24) is 10.2 Å². The summed E-state index contributed by atoms with van der Waals surface area (Å²) in [5.41, 5.74) is 4.54. The lowest BCUT2D eigenvalue weighted by Crippen LogP contribution is -2.36. The van der Waals surface area contributed by atoms with E-state index in [2.05, 4.69) is 42.4 Å². The minimum atomic E-state index is 0.641. The lowest BCUT2D eigenvalue weighted by molar-refractivity contribution is 0.223. The number of hydrogen-bond acceptors (Lipinski definition) is 2. The summed E-state index contributed by atoms with van der Waals surface area (Å²) in [5.74, 6) is 0. The van der Waals surface area contributed by atoms with Gasteiger partial charge in [0.25, 0.3) is 0 Å². The van der Waals surface area contributed by atoms with Gasteiger partial charge >= 0.3 is 0 Å². The van der Waals surface area contributed by atoms with E-state index in [1.807, 2.05) is 0 Å². The van der Waals surface area contributed by atoms with Gasteiger partial charge in [0.15, 0.2) is 0 Å². The van der Waals surface area contributed by atoms with Crippen molar-refractivity contribution in [2.45, 2.75) is 44.7 Å². The first-order valence-electron chi connectivity index (χ1n) is 7.27. The van der Waals surface area contributed by atoms with Gasteiger partial charge in [-0.2, -0.15) is 0 Å². The van der Waals surface area contributed by atoms with Gasteiger partial charge in [-0.3, -0.25) is 4.90 Å². The highest BCUT2D eigenvalue weighted by Gasteiger charge is 2.27. The molecule has 0 spiro atoms. The average Bonchev–Trinajstić information content (AvgIpc) is 2.97. The van der Waals surface area contributed by atoms with Crippen LogP contribution in [0.25, 0.3) is 0 Å². The van der Waals surface area contributed by atoms with E-state index in [4.69, 9.17) is 0 Å². The van der Waals surface area contributed by atoms with E-state index in [0.29, 0.717) is 12.1 Å². The fourth-order valence-corrected chi connectivity index (χ4v) is 3.55. The Morgan fingerprint density at radius 2 is 2.22 bits per heavy atom. The number of nitrogens with zero attached hydrogens (tertiary/aromatic N) is 1. The third-order valence-electron chi connectivity index (χ3n) is 4.55. The number of benzene rings is 1. The molecule has 2 aliphatic rings. The maximum Gasteiger partial charge on any atom is 0.0351 e. The molecule has 0 aromatic heterocycles. The van der Waals surface area contributed by atoms with Gasteiger partial charge in [-0.05, 0) is 57.3 Å². The van der Waals surface area contributed by atoms with E-state index in [1.165, 1.54) is 44.3 Å². The molecule has 0 bridgehead atoms. The van der Waals surface area contributed by atoms with Gasteiger partial charge in [-0.15, -0.1) is 0 Å². The second-order valence-corrected chi connectivity index (χ2v) is 5.99. The van der Waals surface area contributed by atoms with Crippen LogP contribution in [-0.4, -0.2) is 31.1 Å². The first-order chi connectivity index (χ1) is 8.74. The van der Waals surface area contributed by atoms with Gasteiger partial charge in [0.2, 0.25) is 0 Å². The highest BCUT2D eigenvalue weighted by molar-refractivity contribution is 5.37. The standard InChI is InChI=1S/C16H24N2/c1-12-5-6-13-7-8-16(15(13)10-12)18(2)11-14-4-3-9-17-14/h5-6,10,14,16-17H,3-4,7-9,11H2,1-2H3. The smallest absolute Gasteiger partial charge is 0.0351 e. The fourth-order valence-electron chi connectivity index (χ4n) is 3.55. The Kier molecular flexibility index (Phi) is 3.40. The molecule has 2 atom stereocenters. The molecule has 0 saturated carbocycles. The largest absolute Gasteiger partial charge is 0.313 e. The summed E-state index contributed by atoms with van der Waals surface area (Å²) in [5, 5.41) is 3.60. The highest BCUT2D eigenvalue weighted by Crippen LogP contribution is 2.35. The van der Waals surface area contributed by atoms with Crippen LogP contribution >= 0.6 is 0 Å². The van der Waals surface area contributed by atoms with Crippen LogP contribution in [0.15, 0.2) is 18.2 Å². The molecule has 1 aliphatic carbocycles. The van der Waals surface area contributed by atoms with E-state index in [-0.39, 0.29) is 0 Å². The quantitative estimate of drug-likeness (QED) is 0.879. The highest BCUT2D eigenvalue weighted by atomic mass is 15.2. The van der Waals surface area contributed by atoms with Crippen molar-refractivity contribution in [1.29, 1.82) is 0 Å². The molecular formula is C16H24N2. The average molecular weight is 244 g/mol. The van der Waals surface area contributed by atoms with Gasteiger partial charge < -0.3 is 5.32 Å². The van der Waals surface area contributed by atoms with Gasteiger partial charge in [-0.25, -0.2) is 0 Å². The minimum Gasteiger partial charge on any atom is -0.313 e. The molecule has 1 N–H and O–H groups in total. The molecule has 2 heteroatoms. The summed E-state index contributed by atoms with van der Waals surface area (Å²) < 4.78 is 0. The Bertz CT molecular complexity index is 421. The predicted octanol–water partition coefficient (Wildman–Crippen LogP) is 2.67. The predicted molar refractivity (Wildman–Crippen MR) is 75.9 cm³/mol. The summed E-state index contributed by atoms with van der Waals surface area (Å²) in [4.78, 5) is 2.56. The van der Waals surface area contributed by atoms with E-state index >= 15 is 0 Å². The van der Waals surface area contributed by atoms with Crippen LogP contribution in [0.4, 0.5) is 0 Å². The number of hydrogen-bond donors (Lipinski definition) is 1. The first kappa shape index (κ1) is 12.2. The third kappa shape index (κ3) is 2.32. The second-order valence-electron chi connectivity index (χ2n) is 5.99. The van der Waals surface area contributed by atoms with Crippen molar-refractivity contribution in [3.05, 3.63) is 34.9 Å². The number of nitrogens with one attached hydrogen (secondary N) is 1. The number of likely N-dealkylation sites (N-methyl/N-ethyl adjacent to an activating group) is 1. The topological polar surface area (TPSA) is 15.3 Å². The van der Waals surface area contributed by atoms with Gasteiger partial charge in [0.1, 0.15) is 0 Å². The Morgan fingerprint density at radius 3 is 3.00 bits per heavy atom. The molecule has 2 unspecified atom stereocenters. The van der Waals surface area contributed by atoms with Crippen molar-refractivity contribution in [2.75, 3.05) is 20.1 Å². The van der Waals surface area contributed by atoms with Crippen molar-refractivity contribution in [3.8, 4) is 0 Å². The zero-order valence-corrected chi connectivity index (χ0v) is 11.6. The van der Waals surface area contributed by atoms with Crippen molar-refractivity contribution in [3.63, 3.8) is 0 Å². The molecule has 3 rings (SSSR count). The molecule has 1 fully saturated rings. The van der Waals surface area contributed by atoms with Crippen LogP contribution in [0.5, 0.6) is 0 Å². The second kappa shape index (κ2) is 5.02. The van der Waals surface area contributed by atoms with E-state index in [1.54, 1.807) is 11.1 Å². The van der Waals surface area contributed by atoms with E-state index in [0.717, 1.165) is 0 Å². The zero-order chi connectivity index (χ0) is 12.5. The normalized spacial score (nSPS) is 26.8. The third-order valence-corrected chi connectivity index (χ3v) is 4.55. The summed E-state index contributed by atoms with van der Waals surface area (Å²) in [6, 6.07) is 8.32. The van der Waals surface area contributed by atoms with Gasteiger partial charge in [-0.1, -0.05) is 23.8 Å². The van der Waals surface area contributed by atoms with Crippen LogP contribution in [0.3, 0.4) is 0 Å². The van der Waals surface area contributed by atoms with E-state index in [9.17, 15) is 0 Å². The maximum absolute atomic E-state index is 3.60. The Labute approximate surface area is 110 Å². The number of aryl methyl sites for hydroxylation is 2. The van der Waals surface area contributed by atoms with Gasteiger partial charge in [0.05, 0.1) is 0 Å². The molecule has 98 valence electrons. The molecule has 1 heterocycles. The number of fused-ring (bicyclic) bond motifs is 1. The molecule has 0 amide bonds. The Balaban J connectivity index is 1.72. The zero-order valence-electron chi connectivity index (χ0n) is 11.6. The molecule has 1 aromatic carbocycles. The lowest BCUT2D eigenvalue weighted by atomic mass is 10.0. The van der Waals surface area contributed by atoms with Crippen LogP contribution in [0.1, 0.15) is 42.0 Å². The minimum absolute atomic E-state index is 0.641. The fraction of sp³-hybridized carbons (Fsp3) is 0.625. The van der Waals surface area contributed by atoms with Gasteiger partial charge in [0, 0.05) is 18.6 Å². The maximum atomic E-state index is 3.60. The Morgan fingerprint density at radius 1 is 1.33 bits per heavy atom. The van der Waals surface area contributed by atoms with E-state index < -0.39 is 0 Å². The SMILES string of the molecule is Cc1ccc2c(c1)C(N(C)CC1CCCN1)CC2. The van der Waals surface area contributed by atoms with Crippen LogP contribution in [-0.2, 0) is 6.42 Å². The van der Waals surface area contributed by atoms with Crippen LogP contribution in [0, 0.1) is 6.92 Å². The summed E-state index contributed by atoms with van der Waals surface area (Å²) >= 11 is 0. The summed E-state index contributed by atoms with van der Waals surface area (Å²) in [6.45, 7) is 4.60.